The Morgan fingerprint density at radius 3 is 2.37 bits per heavy atom. The standard InChI is InChI=1S/C12H14Cl3NO2S/c1-8-4-2-3-5-16(8)19(17,18)12-7-10(14)9(13)6-11(12)15/h6-8H,2-5H2,1H3/t8-/m1/s1. The normalized spacial score (nSPS) is 21.6. The summed E-state index contributed by atoms with van der Waals surface area (Å²) in [5.74, 6) is 0. The number of hydrogen-bond acceptors (Lipinski definition) is 2. The van der Waals surface area contributed by atoms with Crippen LogP contribution in [0.5, 0.6) is 0 Å². The van der Waals surface area contributed by atoms with Gasteiger partial charge in [0.2, 0.25) is 10.0 Å². The third-order valence-corrected chi connectivity index (χ3v) is 6.50. The van der Waals surface area contributed by atoms with Gasteiger partial charge in [-0.25, -0.2) is 8.42 Å². The number of rotatable bonds is 2. The quantitative estimate of drug-likeness (QED) is 0.755. The lowest BCUT2D eigenvalue weighted by Crippen LogP contribution is -2.42. The molecule has 106 valence electrons. The fraction of sp³-hybridized carbons (Fsp3) is 0.500. The molecule has 1 aromatic rings. The lowest BCUT2D eigenvalue weighted by Gasteiger charge is -2.32. The predicted molar refractivity (Wildman–Crippen MR) is 78.7 cm³/mol. The largest absolute Gasteiger partial charge is 0.244 e. The van der Waals surface area contributed by atoms with Crippen molar-refractivity contribution in [2.24, 2.45) is 0 Å². The molecule has 1 fully saturated rings. The van der Waals surface area contributed by atoms with Gasteiger partial charge < -0.3 is 0 Å². The van der Waals surface area contributed by atoms with Crippen LogP contribution in [0.15, 0.2) is 17.0 Å². The van der Waals surface area contributed by atoms with Crippen molar-refractivity contribution in [3.05, 3.63) is 27.2 Å². The zero-order valence-electron chi connectivity index (χ0n) is 10.4. The van der Waals surface area contributed by atoms with Crippen LogP contribution in [0.3, 0.4) is 0 Å². The third kappa shape index (κ3) is 3.03. The summed E-state index contributed by atoms with van der Waals surface area (Å²) in [6, 6.07) is 2.67. The van der Waals surface area contributed by atoms with E-state index in [2.05, 4.69) is 0 Å². The van der Waals surface area contributed by atoms with Gasteiger partial charge in [-0.15, -0.1) is 0 Å². The topological polar surface area (TPSA) is 37.4 Å². The first-order chi connectivity index (χ1) is 8.84. The van der Waals surface area contributed by atoms with Gasteiger partial charge in [0, 0.05) is 12.6 Å². The molecule has 0 unspecified atom stereocenters. The van der Waals surface area contributed by atoms with E-state index in [1.807, 2.05) is 6.92 Å². The molecule has 0 bridgehead atoms. The Hall–Kier alpha value is -0.000000000000000111. The number of halogens is 3. The number of piperidine rings is 1. The summed E-state index contributed by atoms with van der Waals surface area (Å²) in [7, 11) is -3.62. The summed E-state index contributed by atoms with van der Waals surface area (Å²) < 4.78 is 26.7. The SMILES string of the molecule is C[C@@H]1CCCCN1S(=O)(=O)c1cc(Cl)c(Cl)cc1Cl. The minimum absolute atomic E-state index is 0.0238. The van der Waals surface area contributed by atoms with Crippen molar-refractivity contribution < 1.29 is 8.42 Å². The van der Waals surface area contributed by atoms with E-state index < -0.39 is 10.0 Å². The summed E-state index contributed by atoms with van der Waals surface area (Å²) in [6.45, 7) is 2.42. The van der Waals surface area contributed by atoms with Crippen LogP contribution in [-0.4, -0.2) is 25.3 Å². The molecular formula is C12H14Cl3NO2S. The zero-order chi connectivity index (χ0) is 14.2. The Labute approximate surface area is 128 Å². The van der Waals surface area contributed by atoms with Crippen molar-refractivity contribution in [3.63, 3.8) is 0 Å². The highest BCUT2D eigenvalue weighted by Crippen LogP contribution is 2.34. The van der Waals surface area contributed by atoms with E-state index in [1.165, 1.54) is 16.4 Å². The molecule has 0 spiro atoms. The second-order valence-corrected chi connectivity index (χ2v) is 7.74. The van der Waals surface area contributed by atoms with Gasteiger partial charge in [-0.05, 0) is 31.9 Å². The smallest absolute Gasteiger partial charge is 0.207 e. The molecule has 0 radical (unpaired) electrons. The van der Waals surface area contributed by atoms with Crippen molar-refractivity contribution >= 4 is 44.8 Å². The average Bonchev–Trinajstić information content (AvgIpc) is 2.34. The van der Waals surface area contributed by atoms with Gasteiger partial charge in [-0.3, -0.25) is 0 Å². The molecule has 0 amide bonds. The molecule has 3 nitrogen and oxygen atoms in total. The van der Waals surface area contributed by atoms with Gasteiger partial charge in [0.15, 0.2) is 0 Å². The Balaban J connectivity index is 2.47. The highest BCUT2D eigenvalue weighted by molar-refractivity contribution is 7.89. The lowest BCUT2D eigenvalue weighted by atomic mass is 10.1. The summed E-state index contributed by atoms with van der Waals surface area (Å²) in [6.07, 6.45) is 2.77. The Morgan fingerprint density at radius 2 is 1.74 bits per heavy atom. The summed E-state index contributed by atoms with van der Waals surface area (Å²) in [5.41, 5.74) is 0. The first-order valence-corrected chi connectivity index (χ1v) is 8.58. The van der Waals surface area contributed by atoms with Crippen LogP contribution in [0.2, 0.25) is 15.1 Å². The molecule has 0 saturated carbocycles. The summed E-state index contributed by atoms with van der Waals surface area (Å²) in [5, 5.41) is 0.541. The Kier molecular flexibility index (Phi) is 4.68. The van der Waals surface area contributed by atoms with E-state index >= 15 is 0 Å². The summed E-state index contributed by atoms with van der Waals surface area (Å²) in [4.78, 5) is 0.0253. The van der Waals surface area contributed by atoms with E-state index in [4.69, 9.17) is 34.8 Å². The van der Waals surface area contributed by atoms with Crippen LogP contribution in [0.25, 0.3) is 0 Å². The molecule has 19 heavy (non-hydrogen) atoms. The van der Waals surface area contributed by atoms with Crippen LogP contribution in [-0.2, 0) is 10.0 Å². The van der Waals surface area contributed by atoms with Crippen LogP contribution in [0, 0.1) is 0 Å². The Morgan fingerprint density at radius 1 is 1.11 bits per heavy atom. The summed E-state index contributed by atoms with van der Waals surface area (Å²) >= 11 is 17.7. The maximum Gasteiger partial charge on any atom is 0.244 e. The molecule has 1 aliphatic heterocycles. The molecule has 1 saturated heterocycles. The number of hydrogen-bond donors (Lipinski definition) is 0. The van der Waals surface area contributed by atoms with Crippen LogP contribution >= 0.6 is 34.8 Å². The number of sulfonamides is 1. The minimum Gasteiger partial charge on any atom is -0.207 e. The van der Waals surface area contributed by atoms with Gasteiger partial charge in [0.25, 0.3) is 0 Å². The number of benzene rings is 1. The van der Waals surface area contributed by atoms with Crippen molar-refractivity contribution in [1.82, 2.24) is 4.31 Å². The first-order valence-electron chi connectivity index (χ1n) is 6.00. The van der Waals surface area contributed by atoms with Crippen LogP contribution < -0.4 is 0 Å². The van der Waals surface area contributed by atoms with Crippen molar-refractivity contribution in [1.29, 1.82) is 0 Å². The van der Waals surface area contributed by atoms with Gasteiger partial charge in [0.1, 0.15) is 4.90 Å². The molecule has 0 N–H and O–H groups in total. The molecule has 7 heteroatoms. The zero-order valence-corrected chi connectivity index (χ0v) is 13.5. The average molecular weight is 343 g/mol. The van der Waals surface area contributed by atoms with E-state index in [0.29, 0.717) is 6.54 Å². The van der Waals surface area contributed by atoms with Crippen molar-refractivity contribution in [2.45, 2.75) is 37.1 Å². The number of nitrogens with zero attached hydrogens (tertiary/aromatic N) is 1. The van der Waals surface area contributed by atoms with E-state index in [0.717, 1.165) is 19.3 Å². The van der Waals surface area contributed by atoms with Gasteiger partial charge in [-0.1, -0.05) is 41.2 Å². The van der Waals surface area contributed by atoms with Crippen molar-refractivity contribution in [3.8, 4) is 0 Å². The minimum atomic E-state index is -3.62. The van der Waals surface area contributed by atoms with Gasteiger partial charge >= 0.3 is 0 Å². The molecule has 1 heterocycles. The molecule has 1 aliphatic rings. The van der Waals surface area contributed by atoms with Crippen LogP contribution in [0.1, 0.15) is 26.2 Å². The molecule has 0 aromatic heterocycles. The van der Waals surface area contributed by atoms with Gasteiger partial charge in [0.05, 0.1) is 15.1 Å². The Bertz CT molecular complexity index is 589. The van der Waals surface area contributed by atoms with E-state index in [1.54, 1.807) is 0 Å². The highest BCUT2D eigenvalue weighted by atomic mass is 35.5. The second kappa shape index (κ2) is 5.78. The first kappa shape index (κ1) is 15.4. The molecular weight excluding hydrogens is 329 g/mol. The molecule has 0 aliphatic carbocycles. The van der Waals surface area contributed by atoms with E-state index in [-0.39, 0.29) is 26.0 Å². The van der Waals surface area contributed by atoms with Crippen LogP contribution in [0.4, 0.5) is 0 Å². The molecule has 1 atom stereocenters. The van der Waals surface area contributed by atoms with Gasteiger partial charge in [-0.2, -0.15) is 4.31 Å². The monoisotopic (exact) mass is 341 g/mol. The second-order valence-electron chi connectivity index (χ2n) is 4.66. The fourth-order valence-electron chi connectivity index (χ4n) is 2.26. The fourth-order valence-corrected chi connectivity index (χ4v) is 4.93. The maximum atomic E-state index is 12.6. The van der Waals surface area contributed by atoms with Crippen molar-refractivity contribution in [2.75, 3.05) is 6.54 Å². The lowest BCUT2D eigenvalue weighted by molar-refractivity contribution is 0.268. The van der Waals surface area contributed by atoms with E-state index in [9.17, 15) is 8.42 Å². The molecule has 1 aromatic carbocycles. The predicted octanol–water partition coefficient (Wildman–Crippen LogP) is 4.21. The highest BCUT2D eigenvalue weighted by Gasteiger charge is 2.32. The third-order valence-electron chi connectivity index (χ3n) is 3.30. The molecule has 2 rings (SSSR count). The maximum absolute atomic E-state index is 12.6.